The highest BCUT2D eigenvalue weighted by Gasteiger charge is 2.36. The molecule has 0 amide bonds. The molecule has 0 fully saturated rings. The molecule has 192 valence electrons. The van der Waals surface area contributed by atoms with E-state index in [0.717, 1.165) is 62.5 Å². The number of carbonyl (C=O) groups is 2. The van der Waals surface area contributed by atoms with Gasteiger partial charge in [-0.3, -0.25) is 0 Å². The lowest BCUT2D eigenvalue weighted by atomic mass is 9.69. The Kier molecular flexibility index (Phi) is 9.93. The number of hydrogen-bond donors (Lipinski definition) is 2. The molecule has 35 heavy (non-hydrogen) atoms. The maximum Gasteiger partial charge on any atom is 0.344 e. The molecule has 0 aromatic heterocycles. The van der Waals surface area contributed by atoms with Crippen molar-refractivity contribution >= 4 is 11.9 Å². The van der Waals surface area contributed by atoms with Crippen LogP contribution in [0.15, 0.2) is 36.4 Å². The van der Waals surface area contributed by atoms with E-state index < -0.39 is 11.9 Å². The van der Waals surface area contributed by atoms with E-state index >= 15 is 0 Å². The van der Waals surface area contributed by atoms with E-state index in [1.54, 1.807) is 24.3 Å². The molecule has 2 N–H and O–H groups in total. The first-order chi connectivity index (χ1) is 16.5. The monoisotopic (exact) mass is 482 g/mol. The number of rotatable bonds is 13. The van der Waals surface area contributed by atoms with Crippen LogP contribution >= 0.6 is 0 Å². The molecule has 0 saturated carbocycles. The predicted molar refractivity (Wildman–Crippen MR) is 141 cm³/mol. The molecular weight excluding hydrogens is 440 g/mol. The van der Waals surface area contributed by atoms with E-state index in [1.165, 1.54) is 12.1 Å². The lowest BCUT2D eigenvalue weighted by molar-refractivity contribution is 0.0666. The van der Waals surface area contributed by atoms with E-state index in [4.69, 9.17) is 4.74 Å². The highest BCUT2D eigenvalue weighted by molar-refractivity contribution is 6.03. The summed E-state index contributed by atoms with van der Waals surface area (Å²) in [5.41, 5.74) is 0.848. The maximum atomic E-state index is 13.2. The average molecular weight is 483 g/mol. The standard InChI is InChI=1S/C30H42O5/c1-7-9-13-19-29(3,4)25-23(31)17-18-24(26(25)30(5,6)20-14-10-8-2)35-28(34)22-16-12-11-15-21(22)27(32)33/h11-12,15-18,31H,7-10,13-14,19-20H2,1-6H3,(H,32,33). The molecule has 0 spiro atoms. The molecule has 0 aliphatic carbocycles. The number of ether oxygens (including phenoxy) is 1. The van der Waals surface area contributed by atoms with Crippen molar-refractivity contribution in [2.24, 2.45) is 0 Å². The van der Waals surface area contributed by atoms with Crippen molar-refractivity contribution in [3.05, 3.63) is 58.7 Å². The summed E-state index contributed by atoms with van der Waals surface area (Å²) in [4.78, 5) is 24.9. The summed E-state index contributed by atoms with van der Waals surface area (Å²) in [7, 11) is 0. The lowest BCUT2D eigenvalue weighted by Crippen LogP contribution is -2.28. The molecular formula is C30H42O5. The third kappa shape index (κ3) is 7.09. The first-order valence-corrected chi connectivity index (χ1v) is 12.9. The second-order valence-electron chi connectivity index (χ2n) is 10.8. The van der Waals surface area contributed by atoms with E-state index in [0.29, 0.717) is 5.75 Å². The predicted octanol–water partition coefficient (Wildman–Crippen LogP) is 8.03. The minimum Gasteiger partial charge on any atom is -0.508 e. The van der Waals surface area contributed by atoms with Gasteiger partial charge >= 0.3 is 11.9 Å². The molecule has 2 aromatic rings. The minimum atomic E-state index is -1.18. The molecule has 0 saturated heterocycles. The summed E-state index contributed by atoms with van der Waals surface area (Å²) in [6, 6.07) is 9.30. The zero-order chi connectivity index (χ0) is 26.2. The van der Waals surface area contributed by atoms with Crippen LogP contribution in [-0.4, -0.2) is 22.2 Å². The Labute approximate surface area is 210 Å². The summed E-state index contributed by atoms with van der Waals surface area (Å²) >= 11 is 0. The van der Waals surface area contributed by atoms with Gasteiger partial charge in [0, 0.05) is 11.1 Å². The first-order valence-electron chi connectivity index (χ1n) is 12.9. The van der Waals surface area contributed by atoms with Crippen LogP contribution in [0.1, 0.15) is 125 Å². The van der Waals surface area contributed by atoms with Gasteiger partial charge in [0.05, 0.1) is 11.1 Å². The van der Waals surface area contributed by atoms with Gasteiger partial charge in [-0.2, -0.15) is 0 Å². The molecule has 0 unspecified atom stereocenters. The van der Waals surface area contributed by atoms with Crippen molar-refractivity contribution in [2.75, 3.05) is 0 Å². The quantitative estimate of drug-likeness (QED) is 0.171. The van der Waals surface area contributed by atoms with Gasteiger partial charge < -0.3 is 14.9 Å². The van der Waals surface area contributed by atoms with Crippen LogP contribution in [0.25, 0.3) is 0 Å². The topological polar surface area (TPSA) is 83.8 Å². The molecule has 0 radical (unpaired) electrons. The van der Waals surface area contributed by atoms with E-state index in [9.17, 15) is 19.8 Å². The van der Waals surface area contributed by atoms with Crippen LogP contribution < -0.4 is 4.74 Å². The van der Waals surface area contributed by atoms with Gasteiger partial charge in [-0.05, 0) is 47.9 Å². The Balaban J connectivity index is 2.63. The number of phenolic OH excluding ortho intramolecular Hbond substituents is 1. The molecule has 0 heterocycles. The van der Waals surface area contributed by atoms with Crippen molar-refractivity contribution < 1.29 is 24.5 Å². The molecule has 0 bridgehead atoms. The summed E-state index contributed by atoms with van der Waals surface area (Å²) in [5, 5.41) is 20.6. The fraction of sp³-hybridized carbons (Fsp3) is 0.533. The Morgan fingerprint density at radius 1 is 0.771 bits per heavy atom. The Hall–Kier alpha value is -2.82. The minimum absolute atomic E-state index is 0.00608. The molecule has 0 aliphatic heterocycles. The molecule has 5 nitrogen and oxygen atoms in total. The van der Waals surface area contributed by atoms with Crippen molar-refractivity contribution in [1.29, 1.82) is 0 Å². The van der Waals surface area contributed by atoms with Crippen molar-refractivity contribution in [3.63, 3.8) is 0 Å². The van der Waals surface area contributed by atoms with Gasteiger partial charge in [0.15, 0.2) is 0 Å². The maximum absolute atomic E-state index is 13.2. The zero-order valence-corrected chi connectivity index (χ0v) is 22.2. The second kappa shape index (κ2) is 12.2. The largest absolute Gasteiger partial charge is 0.508 e. The molecule has 0 atom stereocenters. The summed E-state index contributed by atoms with van der Waals surface area (Å²) in [6.07, 6.45) is 8.24. The van der Waals surface area contributed by atoms with E-state index in [1.807, 2.05) is 0 Å². The van der Waals surface area contributed by atoms with Gasteiger partial charge in [-0.1, -0.05) is 92.2 Å². The van der Waals surface area contributed by atoms with Gasteiger partial charge in [0.1, 0.15) is 11.5 Å². The van der Waals surface area contributed by atoms with Crippen LogP contribution in [0.5, 0.6) is 11.5 Å². The number of unbranched alkanes of at least 4 members (excludes halogenated alkanes) is 4. The Bertz CT molecular complexity index is 1020. The summed E-state index contributed by atoms with van der Waals surface area (Å²) < 4.78 is 5.92. The van der Waals surface area contributed by atoms with Crippen molar-refractivity contribution in [1.82, 2.24) is 0 Å². The number of aromatic hydroxyl groups is 1. The van der Waals surface area contributed by atoms with Crippen LogP contribution in [0.2, 0.25) is 0 Å². The highest BCUT2D eigenvalue weighted by Crippen LogP contribution is 2.48. The Morgan fingerprint density at radius 2 is 1.29 bits per heavy atom. The Morgan fingerprint density at radius 3 is 1.80 bits per heavy atom. The van der Waals surface area contributed by atoms with Crippen molar-refractivity contribution in [3.8, 4) is 11.5 Å². The zero-order valence-electron chi connectivity index (χ0n) is 22.2. The number of carboxylic acids is 1. The third-order valence-corrected chi connectivity index (χ3v) is 6.89. The number of aromatic carboxylic acids is 1. The lowest BCUT2D eigenvalue weighted by Gasteiger charge is -2.36. The van der Waals surface area contributed by atoms with Crippen molar-refractivity contribution in [2.45, 2.75) is 104 Å². The number of carboxylic acid groups (broad SMARTS) is 1. The third-order valence-electron chi connectivity index (χ3n) is 6.89. The summed E-state index contributed by atoms with van der Waals surface area (Å²) in [6.45, 7) is 12.9. The SMILES string of the molecule is CCCCCC(C)(C)c1c(O)ccc(OC(=O)c2ccccc2C(=O)O)c1C(C)(C)CCCCC. The number of carbonyl (C=O) groups excluding carboxylic acids is 1. The van der Waals surface area contributed by atoms with E-state index in [-0.39, 0.29) is 27.7 Å². The highest BCUT2D eigenvalue weighted by atomic mass is 16.5. The fourth-order valence-corrected chi connectivity index (χ4v) is 4.90. The molecule has 2 rings (SSSR count). The smallest absolute Gasteiger partial charge is 0.344 e. The number of hydrogen-bond acceptors (Lipinski definition) is 4. The molecule has 5 heteroatoms. The number of esters is 1. The first kappa shape index (κ1) is 28.4. The van der Waals surface area contributed by atoms with Gasteiger partial charge in [0.2, 0.25) is 0 Å². The normalized spacial score (nSPS) is 11.9. The second-order valence-corrected chi connectivity index (χ2v) is 10.8. The van der Waals surface area contributed by atoms with E-state index in [2.05, 4.69) is 41.5 Å². The van der Waals surface area contributed by atoms with Gasteiger partial charge in [-0.25, -0.2) is 9.59 Å². The number of benzene rings is 2. The molecule has 2 aromatic carbocycles. The number of phenols is 1. The van der Waals surface area contributed by atoms with Crippen LogP contribution in [0.3, 0.4) is 0 Å². The average Bonchev–Trinajstić information content (AvgIpc) is 2.79. The van der Waals surface area contributed by atoms with Crippen LogP contribution in [0, 0.1) is 0 Å². The van der Waals surface area contributed by atoms with Crippen LogP contribution in [-0.2, 0) is 10.8 Å². The fourth-order valence-electron chi connectivity index (χ4n) is 4.90. The van der Waals surface area contributed by atoms with Crippen LogP contribution in [0.4, 0.5) is 0 Å². The molecule has 0 aliphatic rings. The van der Waals surface area contributed by atoms with Gasteiger partial charge in [0.25, 0.3) is 0 Å². The van der Waals surface area contributed by atoms with Gasteiger partial charge in [-0.15, -0.1) is 0 Å². The summed E-state index contributed by atoms with van der Waals surface area (Å²) in [5.74, 6) is -1.31.